The first kappa shape index (κ1) is 28.5. The van der Waals surface area contributed by atoms with Crippen LogP contribution in [0.25, 0.3) is 16.6 Å². The molecule has 0 spiro atoms. The Kier molecular flexibility index (Phi) is 7.97. The molecule has 5 rings (SSSR count). The minimum atomic E-state index is -1.32. The van der Waals surface area contributed by atoms with Crippen LogP contribution in [-0.4, -0.2) is 65.5 Å². The summed E-state index contributed by atoms with van der Waals surface area (Å²) in [5.41, 5.74) is 0.848. The maximum atomic E-state index is 13.2. The lowest BCUT2D eigenvalue weighted by Gasteiger charge is -2.32. The highest BCUT2D eigenvalue weighted by Gasteiger charge is 2.33. The first-order chi connectivity index (χ1) is 19.6. The quantitative estimate of drug-likeness (QED) is 0.289. The van der Waals surface area contributed by atoms with Crippen molar-refractivity contribution in [2.75, 3.05) is 37.6 Å². The Morgan fingerprint density at radius 3 is 2.59 bits per heavy atom. The van der Waals surface area contributed by atoms with E-state index < -0.39 is 11.4 Å². The summed E-state index contributed by atoms with van der Waals surface area (Å²) in [4.78, 5) is 38.0. The maximum absolute atomic E-state index is 13.2. The first-order valence-electron chi connectivity index (χ1n) is 13.0. The molecule has 10 nitrogen and oxygen atoms in total. The molecule has 0 radical (unpaired) electrons. The Hall–Kier alpha value is -4.02. The van der Waals surface area contributed by atoms with Crippen molar-refractivity contribution >= 4 is 51.6 Å². The number of hydrogen-bond acceptors (Lipinski definition) is 8. The van der Waals surface area contributed by atoms with Crippen LogP contribution in [0.2, 0.25) is 10.0 Å². The largest absolute Gasteiger partial charge is 0.481 e. The number of ether oxygens (including phenoxy) is 2. The van der Waals surface area contributed by atoms with Gasteiger partial charge in [0.25, 0.3) is 0 Å². The highest BCUT2D eigenvalue weighted by atomic mass is 35.5. The second-order valence-corrected chi connectivity index (χ2v) is 10.9. The van der Waals surface area contributed by atoms with E-state index in [2.05, 4.69) is 21.8 Å². The molecular formula is C29H29Cl2N5O5. The smallest absolute Gasteiger partial charge is 0.341 e. The highest BCUT2D eigenvalue weighted by molar-refractivity contribution is 6.34. The van der Waals surface area contributed by atoms with E-state index in [4.69, 9.17) is 32.7 Å². The lowest BCUT2D eigenvalue weighted by molar-refractivity contribution is 0.0695. The van der Waals surface area contributed by atoms with Crippen LogP contribution in [0.1, 0.15) is 30.1 Å². The summed E-state index contributed by atoms with van der Waals surface area (Å²) in [5, 5.41) is 10.7. The third kappa shape index (κ3) is 5.49. The molecule has 1 aliphatic heterocycles. The molecule has 0 saturated carbocycles. The number of anilines is 2. The fourth-order valence-corrected chi connectivity index (χ4v) is 5.57. The van der Waals surface area contributed by atoms with Gasteiger partial charge in [-0.2, -0.15) is 4.98 Å². The van der Waals surface area contributed by atoms with E-state index in [0.717, 1.165) is 18.7 Å². The van der Waals surface area contributed by atoms with Crippen molar-refractivity contribution in [2.24, 2.45) is 0 Å². The van der Waals surface area contributed by atoms with Gasteiger partial charge in [0.1, 0.15) is 23.0 Å². The molecule has 4 aromatic rings. The molecule has 0 unspecified atom stereocenters. The van der Waals surface area contributed by atoms with E-state index in [9.17, 15) is 14.7 Å². The molecule has 12 heteroatoms. The monoisotopic (exact) mass is 597 g/mol. The van der Waals surface area contributed by atoms with E-state index in [1.807, 2.05) is 37.2 Å². The van der Waals surface area contributed by atoms with E-state index in [1.54, 1.807) is 29.0 Å². The number of aromatic nitrogens is 3. The summed E-state index contributed by atoms with van der Waals surface area (Å²) in [7, 11) is 5.28. The number of nitrogens with zero attached hydrogens (tertiary/aromatic N) is 5. The third-order valence-corrected chi connectivity index (χ3v) is 7.84. The molecule has 1 N–H and O–H groups in total. The molecule has 1 saturated heterocycles. The Balaban J connectivity index is 1.59. The summed E-state index contributed by atoms with van der Waals surface area (Å²) in [6, 6.07) is 10.4. The lowest BCUT2D eigenvalue weighted by Crippen LogP contribution is -2.38. The fourth-order valence-electron chi connectivity index (χ4n) is 5.15. The molecule has 214 valence electrons. The van der Waals surface area contributed by atoms with Crippen molar-refractivity contribution in [3.8, 4) is 17.4 Å². The van der Waals surface area contributed by atoms with Gasteiger partial charge in [0.2, 0.25) is 17.2 Å². The number of hydrogen-bond donors (Lipinski definition) is 1. The molecule has 0 bridgehead atoms. The Labute approximate surface area is 246 Å². The minimum Gasteiger partial charge on any atom is -0.481 e. The van der Waals surface area contributed by atoms with E-state index in [-0.39, 0.29) is 28.9 Å². The predicted molar refractivity (Wildman–Crippen MR) is 160 cm³/mol. The zero-order chi connectivity index (χ0) is 29.4. The van der Waals surface area contributed by atoms with Gasteiger partial charge in [-0.05, 0) is 50.1 Å². The average molecular weight is 598 g/mol. The first-order valence-corrected chi connectivity index (χ1v) is 13.7. The van der Waals surface area contributed by atoms with Crippen molar-refractivity contribution in [3.63, 3.8) is 0 Å². The van der Waals surface area contributed by atoms with Crippen LogP contribution < -0.4 is 24.7 Å². The molecule has 3 aromatic heterocycles. The van der Waals surface area contributed by atoms with Gasteiger partial charge >= 0.3 is 5.97 Å². The number of carbonyl (C=O) groups is 1. The van der Waals surface area contributed by atoms with Crippen LogP contribution >= 0.6 is 23.2 Å². The zero-order valence-electron chi connectivity index (χ0n) is 23.0. The normalized spacial score (nSPS) is 16.7. The Morgan fingerprint density at radius 1 is 1.15 bits per heavy atom. The van der Waals surface area contributed by atoms with Crippen molar-refractivity contribution in [2.45, 2.75) is 31.8 Å². The number of fused-ring (bicyclic) bond motifs is 1. The predicted octanol–water partition coefficient (Wildman–Crippen LogP) is 5.30. The van der Waals surface area contributed by atoms with Crippen molar-refractivity contribution < 1.29 is 19.4 Å². The van der Waals surface area contributed by atoms with E-state index in [0.29, 0.717) is 39.4 Å². The van der Waals surface area contributed by atoms with Gasteiger partial charge in [0.05, 0.1) is 41.3 Å². The second kappa shape index (κ2) is 11.5. The molecule has 41 heavy (non-hydrogen) atoms. The van der Waals surface area contributed by atoms with Crippen LogP contribution in [0.5, 0.6) is 11.8 Å². The van der Waals surface area contributed by atoms with Crippen molar-refractivity contribution in [1.29, 1.82) is 0 Å². The molecule has 1 aliphatic rings. The van der Waals surface area contributed by atoms with Gasteiger partial charge in [-0.15, -0.1) is 0 Å². The van der Waals surface area contributed by atoms with Crippen LogP contribution in [0.15, 0.2) is 53.6 Å². The number of benzene rings is 1. The lowest BCUT2D eigenvalue weighted by atomic mass is 10.1. The van der Waals surface area contributed by atoms with Gasteiger partial charge in [0.15, 0.2) is 0 Å². The second-order valence-electron chi connectivity index (χ2n) is 10.1. The molecule has 2 atom stereocenters. The fraction of sp³-hybridized carbons (Fsp3) is 0.310. The summed E-state index contributed by atoms with van der Waals surface area (Å²) >= 11 is 13.1. The third-order valence-electron chi connectivity index (χ3n) is 7.25. The average Bonchev–Trinajstić information content (AvgIpc) is 3.32. The van der Waals surface area contributed by atoms with Gasteiger partial charge in [-0.25, -0.2) is 9.78 Å². The van der Waals surface area contributed by atoms with Gasteiger partial charge in [-0.1, -0.05) is 23.2 Å². The summed E-state index contributed by atoms with van der Waals surface area (Å²) < 4.78 is 12.9. The van der Waals surface area contributed by atoms with Crippen LogP contribution in [0, 0.1) is 0 Å². The Bertz CT molecular complexity index is 1680. The number of rotatable bonds is 8. The van der Waals surface area contributed by atoms with Crippen LogP contribution in [0.3, 0.4) is 0 Å². The molecular weight excluding hydrogens is 569 g/mol. The molecule has 1 fully saturated rings. The van der Waals surface area contributed by atoms with Crippen LogP contribution in [-0.2, 0) is 0 Å². The minimum absolute atomic E-state index is 0.0662. The standard InChI is InChI=1S/C29H29Cl2N5O5/c1-16-5-6-18(15-41-28-21(30)8-10-26(33-28)40-4)36(16)24-12-23-19(11-22(24)31)27(37)20(29(38)39)14-35(23)17-7-9-25(32-13-17)34(2)3/h7-14,16,18H,5-6,15H2,1-4H3,(H,38,39)/t16-,18-/m1/s1. The number of aromatic carboxylic acids is 1. The van der Waals surface area contributed by atoms with Gasteiger partial charge < -0.3 is 28.9 Å². The van der Waals surface area contributed by atoms with E-state index >= 15 is 0 Å². The number of carboxylic acid groups (broad SMARTS) is 1. The maximum Gasteiger partial charge on any atom is 0.341 e. The molecule has 0 amide bonds. The summed E-state index contributed by atoms with van der Waals surface area (Å²) in [5.74, 6) is 0.0869. The molecule has 0 aliphatic carbocycles. The number of methoxy groups -OCH3 is 1. The molecule has 1 aromatic carbocycles. The topological polar surface area (TPSA) is 110 Å². The van der Waals surface area contributed by atoms with Crippen LogP contribution in [0.4, 0.5) is 11.5 Å². The Morgan fingerprint density at radius 2 is 1.93 bits per heavy atom. The van der Waals surface area contributed by atoms with Gasteiger partial charge in [-0.3, -0.25) is 4.79 Å². The highest BCUT2D eigenvalue weighted by Crippen LogP contribution is 2.38. The van der Waals surface area contributed by atoms with Gasteiger partial charge in [0, 0.05) is 37.8 Å². The zero-order valence-corrected chi connectivity index (χ0v) is 24.5. The summed E-state index contributed by atoms with van der Waals surface area (Å²) in [6.45, 7) is 2.39. The number of carboxylic acids is 1. The SMILES string of the molecule is COc1ccc(Cl)c(OC[C@H]2CC[C@@H](C)N2c2cc3c(cc2Cl)c(=O)c(C(=O)O)cn3-c2ccc(N(C)C)nc2)n1. The molecule has 4 heterocycles. The van der Waals surface area contributed by atoms with Crippen molar-refractivity contribution in [1.82, 2.24) is 14.5 Å². The van der Waals surface area contributed by atoms with E-state index in [1.165, 1.54) is 13.3 Å². The number of pyridine rings is 3. The van der Waals surface area contributed by atoms with Crippen molar-refractivity contribution in [3.05, 3.63) is 74.6 Å². The number of halogens is 2. The summed E-state index contributed by atoms with van der Waals surface area (Å²) in [6.07, 6.45) is 4.70.